The standard InChI is InChI=1S/C16H13ClN2O4/c17-11-3-5-12(6-4-11)19-14(15-2-1-8-22-15)10-13(18-19)16(21)23-9-7-20/h1-6,8,10,20H,7,9H2. The molecule has 0 amide bonds. The smallest absolute Gasteiger partial charge is 0.358 e. The van der Waals surface area contributed by atoms with Crippen molar-refractivity contribution in [2.24, 2.45) is 0 Å². The Morgan fingerprint density at radius 3 is 2.74 bits per heavy atom. The van der Waals surface area contributed by atoms with Crippen LogP contribution in [0.1, 0.15) is 10.5 Å². The molecule has 7 heteroatoms. The van der Waals surface area contributed by atoms with Gasteiger partial charge < -0.3 is 14.3 Å². The molecule has 0 saturated heterocycles. The Labute approximate surface area is 136 Å². The van der Waals surface area contributed by atoms with Gasteiger partial charge in [-0.1, -0.05) is 11.6 Å². The first-order chi connectivity index (χ1) is 11.2. The molecule has 0 unspecified atom stereocenters. The largest absolute Gasteiger partial charge is 0.463 e. The minimum absolute atomic E-state index is 0.0806. The van der Waals surface area contributed by atoms with Gasteiger partial charge in [0.15, 0.2) is 11.5 Å². The highest BCUT2D eigenvalue weighted by atomic mass is 35.5. The van der Waals surface area contributed by atoms with Crippen LogP contribution in [0.5, 0.6) is 0 Å². The third-order valence-electron chi connectivity index (χ3n) is 3.09. The maximum atomic E-state index is 12.0. The van der Waals surface area contributed by atoms with Crippen molar-refractivity contribution in [1.82, 2.24) is 9.78 Å². The van der Waals surface area contributed by atoms with E-state index in [1.807, 2.05) is 0 Å². The zero-order valence-corrected chi connectivity index (χ0v) is 12.7. The van der Waals surface area contributed by atoms with Gasteiger partial charge in [-0.3, -0.25) is 0 Å². The van der Waals surface area contributed by atoms with Crippen LogP contribution >= 0.6 is 11.6 Å². The maximum Gasteiger partial charge on any atom is 0.358 e. The molecule has 3 rings (SSSR count). The second kappa shape index (κ2) is 6.68. The number of aromatic nitrogens is 2. The molecule has 0 atom stereocenters. The Morgan fingerprint density at radius 2 is 2.09 bits per heavy atom. The lowest BCUT2D eigenvalue weighted by atomic mass is 10.2. The molecule has 1 N–H and O–H groups in total. The fourth-order valence-corrected chi connectivity index (χ4v) is 2.20. The summed E-state index contributed by atoms with van der Waals surface area (Å²) in [5.41, 5.74) is 1.45. The summed E-state index contributed by atoms with van der Waals surface area (Å²) >= 11 is 5.91. The van der Waals surface area contributed by atoms with Gasteiger partial charge in [0, 0.05) is 11.1 Å². The van der Waals surface area contributed by atoms with Gasteiger partial charge in [-0.25, -0.2) is 9.48 Å². The Hall–Kier alpha value is -2.57. The number of furan rings is 1. The molecule has 2 heterocycles. The molecule has 118 valence electrons. The number of aliphatic hydroxyl groups is 1. The fourth-order valence-electron chi connectivity index (χ4n) is 2.07. The van der Waals surface area contributed by atoms with Gasteiger partial charge in [-0.05, 0) is 36.4 Å². The average molecular weight is 333 g/mol. The van der Waals surface area contributed by atoms with Gasteiger partial charge in [-0.15, -0.1) is 0 Å². The summed E-state index contributed by atoms with van der Waals surface area (Å²) in [6.07, 6.45) is 1.54. The zero-order chi connectivity index (χ0) is 16.2. The number of halogens is 1. The van der Waals surface area contributed by atoms with Crippen molar-refractivity contribution in [3.8, 4) is 17.1 Å². The third kappa shape index (κ3) is 3.28. The van der Waals surface area contributed by atoms with E-state index in [0.29, 0.717) is 16.5 Å². The number of carbonyl (C=O) groups is 1. The second-order valence-electron chi connectivity index (χ2n) is 4.64. The Kier molecular flexibility index (Phi) is 4.45. The highest BCUT2D eigenvalue weighted by molar-refractivity contribution is 6.30. The number of hydrogen-bond donors (Lipinski definition) is 1. The Bertz CT molecular complexity index is 794. The van der Waals surface area contributed by atoms with E-state index in [1.165, 1.54) is 6.26 Å². The normalized spacial score (nSPS) is 10.7. The van der Waals surface area contributed by atoms with Crippen LogP contribution in [0, 0.1) is 0 Å². The van der Waals surface area contributed by atoms with Gasteiger partial charge in [-0.2, -0.15) is 5.10 Å². The summed E-state index contributed by atoms with van der Waals surface area (Å²) in [5, 5.41) is 13.6. The highest BCUT2D eigenvalue weighted by Crippen LogP contribution is 2.25. The molecule has 0 spiro atoms. The van der Waals surface area contributed by atoms with Crippen LogP contribution in [0.2, 0.25) is 5.02 Å². The molecule has 0 radical (unpaired) electrons. The van der Waals surface area contributed by atoms with Crippen molar-refractivity contribution >= 4 is 17.6 Å². The SMILES string of the molecule is O=C(OCCO)c1cc(-c2ccco2)n(-c2ccc(Cl)cc2)n1. The summed E-state index contributed by atoms with van der Waals surface area (Å²) < 4.78 is 11.9. The molecular formula is C16H13ClN2O4. The van der Waals surface area contributed by atoms with Crippen LogP contribution in [0.25, 0.3) is 17.1 Å². The van der Waals surface area contributed by atoms with Crippen molar-refractivity contribution in [2.75, 3.05) is 13.2 Å². The van der Waals surface area contributed by atoms with Crippen molar-refractivity contribution in [3.05, 3.63) is 59.4 Å². The fraction of sp³-hybridized carbons (Fsp3) is 0.125. The lowest BCUT2D eigenvalue weighted by Gasteiger charge is -2.05. The van der Waals surface area contributed by atoms with Crippen LogP contribution in [-0.2, 0) is 4.74 Å². The topological polar surface area (TPSA) is 77.5 Å². The molecular weight excluding hydrogens is 320 g/mol. The molecule has 1 aromatic carbocycles. The maximum absolute atomic E-state index is 12.0. The van der Waals surface area contributed by atoms with Gasteiger partial charge in [0.05, 0.1) is 18.6 Å². The number of aliphatic hydroxyl groups excluding tert-OH is 1. The van der Waals surface area contributed by atoms with Crippen molar-refractivity contribution in [2.45, 2.75) is 0 Å². The summed E-state index contributed by atoms with van der Waals surface area (Å²) in [7, 11) is 0. The molecule has 6 nitrogen and oxygen atoms in total. The van der Waals surface area contributed by atoms with Gasteiger partial charge in [0.1, 0.15) is 12.3 Å². The van der Waals surface area contributed by atoms with Crippen LogP contribution < -0.4 is 0 Å². The minimum Gasteiger partial charge on any atom is -0.463 e. The van der Waals surface area contributed by atoms with E-state index in [9.17, 15) is 4.79 Å². The predicted octanol–water partition coefficient (Wildman–Crippen LogP) is 2.93. The van der Waals surface area contributed by atoms with E-state index in [4.69, 9.17) is 25.9 Å². The van der Waals surface area contributed by atoms with E-state index < -0.39 is 5.97 Å². The lowest BCUT2D eigenvalue weighted by molar-refractivity contribution is 0.0426. The van der Waals surface area contributed by atoms with Crippen molar-refractivity contribution < 1.29 is 19.1 Å². The first kappa shape index (κ1) is 15.3. The van der Waals surface area contributed by atoms with E-state index >= 15 is 0 Å². The van der Waals surface area contributed by atoms with Gasteiger partial charge in [0.25, 0.3) is 0 Å². The number of benzene rings is 1. The molecule has 0 fully saturated rings. The summed E-state index contributed by atoms with van der Waals surface area (Å²) in [6, 6.07) is 12.1. The molecule has 0 saturated carbocycles. The minimum atomic E-state index is -0.612. The van der Waals surface area contributed by atoms with Crippen LogP contribution in [-0.4, -0.2) is 34.1 Å². The molecule has 0 aliphatic carbocycles. The summed E-state index contributed by atoms with van der Waals surface area (Å²) in [6.45, 7) is -0.322. The summed E-state index contributed by atoms with van der Waals surface area (Å²) in [5.74, 6) is -0.0479. The van der Waals surface area contributed by atoms with Crippen molar-refractivity contribution in [1.29, 1.82) is 0 Å². The van der Waals surface area contributed by atoms with Crippen molar-refractivity contribution in [3.63, 3.8) is 0 Å². The molecule has 3 aromatic rings. The van der Waals surface area contributed by atoms with E-state index in [1.54, 1.807) is 47.1 Å². The van der Waals surface area contributed by atoms with Crippen LogP contribution in [0.3, 0.4) is 0 Å². The Morgan fingerprint density at radius 1 is 1.30 bits per heavy atom. The number of rotatable bonds is 5. The van der Waals surface area contributed by atoms with Crippen LogP contribution in [0.15, 0.2) is 53.1 Å². The molecule has 0 aliphatic rings. The first-order valence-electron chi connectivity index (χ1n) is 6.87. The van der Waals surface area contributed by atoms with E-state index in [-0.39, 0.29) is 18.9 Å². The number of nitrogens with zero attached hydrogens (tertiary/aromatic N) is 2. The van der Waals surface area contributed by atoms with Crippen LogP contribution in [0.4, 0.5) is 0 Å². The van der Waals surface area contributed by atoms with Gasteiger partial charge >= 0.3 is 5.97 Å². The number of hydrogen-bond acceptors (Lipinski definition) is 5. The first-order valence-corrected chi connectivity index (χ1v) is 7.24. The average Bonchev–Trinajstić information content (AvgIpc) is 3.22. The number of ether oxygens (including phenoxy) is 1. The zero-order valence-electron chi connectivity index (χ0n) is 12.0. The third-order valence-corrected chi connectivity index (χ3v) is 3.34. The molecule has 0 bridgehead atoms. The molecule has 0 aliphatic heterocycles. The number of carbonyl (C=O) groups excluding carboxylic acids is 1. The number of esters is 1. The molecule has 2 aromatic heterocycles. The second-order valence-corrected chi connectivity index (χ2v) is 5.08. The van der Waals surface area contributed by atoms with Gasteiger partial charge in [0.2, 0.25) is 0 Å². The quantitative estimate of drug-likeness (QED) is 0.727. The molecule has 23 heavy (non-hydrogen) atoms. The monoisotopic (exact) mass is 332 g/mol. The summed E-state index contributed by atoms with van der Waals surface area (Å²) in [4.78, 5) is 12.0. The Balaban J connectivity index is 2.04. The van der Waals surface area contributed by atoms with E-state index in [2.05, 4.69) is 5.10 Å². The van der Waals surface area contributed by atoms with E-state index in [0.717, 1.165) is 5.69 Å². The lowest BCUT2D eigenvalue weighted by Crippen LogP contribution is -2.10. The highest BCUT2D eigenvalue weighted by Gasteiger charge is 2.19. The predicted molar refractivity (Wildman–Crippen MR) is 83.6 cm³/mol.